The summed E-state index contributed by atoms with van der Waals surface area (Å²) < 4.78 is 11.0. The van der Waals surface area contributed by atoms with Crippen LogP contribution >= 0.6 is 24.0 Å². The van der Waals surface area contributed by atoms with Crippen molar-refractivity contribution >= 4 is 29.9 Å². The molecule has 0 saturated carbocycles. The van der Waals surface area contributed by atoms with E-state index < -0.39 is 0 Å². The fourth-order valence-electron chi connectivity index (χ4n) is 3.82. The van der Waals surface area contributed by atoms with Crippen LogP contribution in [0, 0.1) is 18.8 Å². The van der Waals surface area contributed by atoms with E-state index in [-0.39, 0.29) is 24.0 Å². The molecular formula is C23H41IN4O2. The Morgan fingerprint density at radius 2 is 2.07 bits per heavy atom. The molecule has 0 bridgehead atoms. The molecule has 0 aliphatic carbocycles. The minimum Gasteiger partial charge on any atom is -0.491 e. The van der Waals surface area contributed by atoms with Crippen LogP contribution in [0.2, 0.25) is 0 Å². The standard InChI is InChI=1S/C23H40N4O2.HI/c1-18(2)16-27-10-6-7-20(17-27)14-25-23(24-4)26-15-21-9-8-19(3)13-22(21)29-12-11-28-5;/h8-9,13,18,20H,6-7,10-12,14-17H2,1-5H3,(H2,24,25,26);1H. The largest absolute Gasteiger partial charge is 0.491 e. The highest BCUT2D eigenvalue weighted by molar-refractivity contribution is 14.0. The first-order chi connectivity index (χ1) is 14.0. The van der Waals surface area contributed by atoms with Crippen molar-refractivity contribution in [2.24, 2.45) is 16.8 Å². The van der Waals surface area contributed by atoms with Gasteiger partial charge in [-0.2, -0.15) is 0 Å². The number of likely N-dealkylation sites (tertiary alicyclic amines) is 1. The minimum atomic E-state index is 0. The summed E-state index contributed by atoms with van der Waals surface area (Å²) in [5.74, 6) is 3.15. The summed E-state index contributed by atoms with van der Waals surface area (Å²) in [6.07, 6.45) is 2.57. The van der Waals surface area contributed by atoms with Crippen LogP contribution in [0.3, 0.4) is 0 Å². The third-order valence-corrected chi connectivity index (χ3v) is 5.22. The quantitative estimate of drug-likeness (QED) is 0.209. The van der Waals surface area contributed by atoms with E-state index in [2.05, 4.69) is 59.5 Å². The Balaban J connectivity index is 0.00000450. The van der Waals surface area contributed by atoms with Gasteiger partial charge in [0.15, 0.2) is 5.96 Å². The van der Waals surface area contributed by atoms with Gasteiger partial charge in [0.25, 0.3) is 0 Å². The molecule has 0 aromatic heterocycles. The van der Waals surface area contributed by atoms with E-state index in [0.29, 0.717) is 25.7 Å². The lowest BCUT2D eigenvalue weighted by Gasteiger charge is -2.34. The van der Waals surface area contributed by atoms with Gasteiger partial charge >= 0.3 is 0 Å². The first kappa shape index (κ1) is 27.0. The van der Waals surface area contributed by atoms with Crippen molar-refractivity contribution in [2.45, 2.75) is 40.2 Å². The molecule has 1 aliphatic heterocycles. The van der Waals surface area contributed by atoms with Gasteiger partial charge in [0.1, 0.15) is 12.4 Å². The first-order valence-electron chi connectivity index (χ1n) is 10.9. The number of nitrogens with zero attached hydrogens (tertiary/aromatic N) is 2. The van der Waals surface area contributed by atoms with Crippen molar-refractivity contribution in [3.05, 3.63) is 29.3 Å². The predicted octanol–water partition coefficient (Wildman–Crippen LogP) is 3.67. The van der Waals surface area contributed by atoms with Crippen molar-refractivity contribution in [2.75, 3.05) is 53.6 Å². The van der Waals surface area contributed by atoms with E-state index in [4.69, 9.17) is 9.47 Å². The topological polar surface area (TPSA) is 58.1 Å². The zero-order valence-electron chi connectivity index (χ0n) is 19.4. The molecule has 1 saturated heterocycles. The van der Waals surface area contributed by atoms with Gasteiger partial charge in [-0.05, 0) is 49.8 Å². The molecule has 1 unspecified atom stereocenters. The lowest BCUT2D eigenvalue weighted by atomic mass is 9.97. The number of benzene rings is 1. The maximum absolute atomic E-state index is 5.89. The minimum absolute atomic E-state index is 0. The van der Waals surface area contributed by atoms with Crippen molar-refractivity contribution in [1.29, 1.82) is 0 Å². The molecule has 1 aliphatic rings. The maximum atomic E-state index is 5.89. The smallest absolute Gasteiger partial charge is 0.191 e. The van der Waals surface area contributed by atoms with Crippen LogP contribution in [0.1, 0.15) is 37.8 Å². The Kier molecular flexibility index (Phi) is 13.4. The maximum Gasteiger partial charge on any atom is 0.191 e. The van der Waals surface area contributed by atoms with E-state index in [0.717, 1.165) is 29.7 Å². The third-order valence-electron chi connectivity index (χ3n) is 5.22. The van der Waals surface area contributed by atoms with Crippen molar-refractivity contribution < 1.29 is 9.47 Å². The van der Waals surface area contributed by atoms with Crippen molar-refractivity contribution in [1.82, 2.24) is 15.5 Å². The highest BCUT2D eigenvalue weighted by Crippen LogP contribution is 2.20. The van der Waals surface area contributed by atoms with Crippen LogP contribution in [-0.2, 0) is 11.3 Å². The third kappa shape index (κ3) is 9.83. The molecule has 30 heavy (non-hydrogen) atoms. The summed E-state index contributed by atoms with van der Waals surface area (Å²) >= 11 is 0. The average Bonchev–Trinajstić information content (AvgIpc) is 2.69. The van der Waals surface area contributed by atoms with Gasteiger partial charge in [0.2, 0.25) is 0 Å². The van der Waals surface area contributed by atoms with Crippen LogP contribution < -0.4 is 15.4 Å². The normalized spacial score (nSPS) is 17.5. The summed E-state index contributed by atoms with van der Waals surface area (Å²) in [6, 6.07) is 6.30. The summed E-state index contributed by atoms with van der Waals surface area (Å²) in [5, 5.41) is 6.95. The van der Waals surface area contributed by atoms with Crippen LogP contribution in [0.4, 0.5) is 0 Å². The molecule has 0 radical (unpaired) electrons. The molecule has 2 rings (SSSR count). The monoisotopic (exact) mass is 532 g/mol. The summed E-state index contributed by atoms with van der Waals surface area (Å²) in [5.41, 5.74) is 2.31. The van der Waals surface area contributed by atoms with Crippen molar-refractivity contribution in [3.8, 4) is 5.75 Å². The summed E-state index contributed by atoms with van der Waals surface area (Å²) in [4.78, 5) is 7.00. The number of ether oxygens (including phenoxy) is 2. The molecule has 7 heteroatoms. The highest BCUT2D eigenvalue weighted by Gasteiger charge is 2.20. The zero-order chi connectivity index (χ0) is 21.1. The lowest BCUT2D eigenvalue weighted by Crippen LogP contribution is -2.45. The number of guanidine groups is 1. The Morgan fingerprint density at radius 1 is 1.27 bits per heavy atom. The second-order valence-electron chi connectivity index (χ2n) is 8.42. The van der Waals surface area contributed by atoms with Crippen LogP contribution in [0.15, 0.2) is 23.2 Å². The van der Waals surface area contributed by atoms with Gasteiger partial charge in [0.05, 0.1) is 6.61 Å². The molecule has 1 aromatic carbocycles. The van der Waals surface area contributed by atoms with E-state index in [1.807, 2.05) is 7.05 Å². The number of nitrogens with one attached hydrogen (secondary N) is 2. The fourth-order valence-corrected chi connectivity index (χ4v) is 3.82. The summed E-state index contributed by atoms with van der Waals surface area (Å²) in [6.45, 7) is 13.0. The lowest BCUT2D eigenvalue weighted by molar-refractivity contribution is 0.145. The number of methoxy groups -OCH3 is 1. The molecule has 2 N–H and O–H groups in total. The molecule has 0 spiro atoms. The van der Waals surface area contributed by atoms with Gasteiger partial charge in [0, 0.05) is 45.9 Å². The number of hydrogen-bond acceptors (Lipinski definition) is 4. The molecule has 0 amide bonds. The SMILES string of the molecule is CN=C(NCc1ccc(C)cc1OCCOC)NCC1CCCN(CC(C)C)C1.I. The second kappa shape index (κ2) is 14.9. The highest BCUT2D eigenvalue weighted by atomic mass is 127. The first-order valence-corrected chi connectivity index (χ1v) is 10.9. The molecule has 172 valence electrons. The number of aryl methyl sites for hydroxylation is 1. The Hall–Kier alpha value is -1.06. The summed E-state index contributed by atoms with van der Waals surface area (Å²) in [7, 11) is 3.51. The van der Waals surface area contributed by atoms with E-state index in [1.165, 1.54) is 38.0 Å². The fraction of sp³-hybridized carbons (Fsp3) is 0.696. The van der Waals surface area contributed by atoms with Gasteiger partial charge in [-0.25, -0.2) is 0 Å². The van der Waals surface area contributed by atoms with Gasteiger partial charge in [-0.1, -0.05) is 26.0 Å². The number of rotatable bonds is 10. The molecular weight excluding hydrogens is 491 g/mol. The van der Waals surface area contributed by atoms with Gasteiger partial charge < -0.3 is 25.0 Å². The van der Waals surface area contributed by atoms with Crippen molar-refractivity contribution in [3.63, 3.8) is 0 Å². The van der Waals surface area contributed by atoms with Crippen LogP contribution in [0.25, 0.3) is 0 Å². The van der Waals surface area contributed by atoms with E-state index in [1.54, 1.807) is 7.11 Å². The Labute approximate surface area is 200 Å². The molecule has 1 heterocycles. The van der Waals surface area contributed by atoms with Crippen LogP contribution in [0.5, 0.6) is 5.75 Å². The number of halogens is 1. The number of aliphatic imine (C=N–C) groups is 1. The predicted molar refractivity (Wildman–Crippen MR) is 136 cm³/mol. The Bertz CT molecular complexity index is 640. The van der Waals surface area contributed by atoms with Gasteiger partial charge in [-0.3, -0.25) is 4.99 Å². The van der Waals surface area contributed by atoms with Crippen LogP contribution in [-0.4, -0.2) is 64.4 Å². The molecule has 1 atom stereocenters. The molecule has 6 nitrogen and oxygen atoms in total. The number of piperidine rings is 1. The van der Waals surface area contributed by atoms with E-state index >= 15 is 0 Å². The molecule has 1 aromatic rings. The zero-order valence-corrected chi connectivity index (χ0v) is 21.7. The Morgan fingerprint density at radius 3 is 2.77 bits per heavy atom. The number of hydrogen-bond donors (Lipinski definition) is 2. The average molecular weight is 533 g/mol. The second-order valence-corrected chi connectivity index (χ2v) is 8.42. The van der Waals surface area contributed by atoms with Gasteiger partial charge in [-0.15, -0.1) is 24.0 Å². The molecule has 1 fully saturated rings. The van der Waals surface area contributed by atoms with E-state index in [9.17, 15) is 0 Å².